The predicted molar refractivity (Wildman–Crippen MR) is 155 cm³/mol. The number of likely N-dealkylation sites (tertiary alicyclic amines) is 1. The Morgan fingerprint density at radius 2 is 1.80 bits per heavy atom. The molecular formula is C31H27F6N3O4S. The first kappa shape index (κ1) is 32.4. The van der Waals surface area contributed by atoms with Gasteiger partial charge in [-0.25, -0.2) is 0 Å². The maximum Gasteiger partial charge on any atom is 0.416 e. The van der Waals surface area contributed by atoms with E-state index in [-0.39, 0.29) is 23.5 Å². The van der Waals surface area contributed by atoms with Gasteiger partial charge in [-0.2, -0.15) is 31.3 Å². The predicted octanol–water partition coefficient (Wildman–Crippen LogP) is 7.12. The maximum atomic E-state index is 13.5. The molecule has 2 aliphatic rings. The van der Waals surface area contributed by atoms with Crippen molar-refractivity contribution in [2.45, 2.75) is 37.9 Å². The number of piperidine rings is 1. The minimum absolute atomic E-state index is 0.0515. The summed E-state index contributed by atoms with van der Waals surface area (Å²) in [6.45, 7) is 0.567. The Bertz CT molecular complexity index is 1600. The minimum Gasteiger partial charge on any atom is -0.493 e. The second-order valence-electron chi connectivity index (χ2n) is 10.4. The van der Waals surface area contributed by atoms with Crippen LogP contribution < -0.4 is 9.47 Å². The lowest BCUT2D eigenvalue weighted by Gasteiger charge is -2.34. The van der Waals surface area contributed by atoms with Crippen molar-refractivity contribution in [3.8, 4) is 11.5 Å². The molecule has 2 aromatic carbocycles. The van der Waals surface area contributed by atoms with E-state index in [9.17, 15) is 36.2 Å². The van der Waals surface area contributed by atoms with Crippen molar-refractivity contribution in [1.82, 2.24) is 9.88 Å². The largest absolute Gasteiger partial charge is 0.493 e. The molecule has 0 radical (unpaired) electrons. The molecule has 3 aromatic rings. The van der Waals surface area contributed by atoms with Gasteiger partial charge in [0, 0.05) is 31.0 Å². The molecule has 0 bridgehead atoms. The summed E-state index contributed by atoms with van der Waals surface area (Å²) in [7, 11) is 1.32. The third-order valence-corrected chi connectivity index (χ3v) is 8.55. The number of ether oxygens (including phenoxy) is 2. The molecule has 1 amide bonds. The van der Waals surface area contributed by atoms with Crippen molar-refractivity contribution in [1.29, 1.82) is 0 Å². The van der Waals surface area contributed by atoms with Crippen molar-refractivity contribution >= 4 is 28.9 Å². The number of aliphatic hydroxyl groups excluding tert-OH is 1. The first-order valence-corrected chi connectivity index (χ1v) is 14.6. The molecule has 45 heavy (non-hydrogen) atoms. The number of pyridine rings is 1. The minimum atomic E-state index is -5.02. The molecule has 1 aromatic heterocycles. The van der Waals surface area contributed by atoms with Crippen LogP contribution in [0, 0.1) is 5.92 Å². The zero-order valence-electron chi connectivity index (χ0n) is 23.7. The Morgan fingerprint density at radius 1 is 1.04 bits per heavy atom. The van der Waals surface area contributed by atoms with E-state index in [1.54, 1.807) is 30.6 Å². The summed E-state index contributed by atoms with van der Waals surface area (Å²) in [5.41, 5.74) is -2.03. The Morgan fingerprint density at radius 3 is 2.44 bits per heavy atom. The lowest BCUT2D eigenvalue weighted by Crippen LogP contribution is -2.38. The van der Waals surface area contributed by atoms with Gasteiger partial charge in [0.25, 0.3) is 5.91 Å². The first-order valence-electron chi connectivity index (χ1n) is 13.8. The van der Waals surface area contributed by atoms with Crippen LogP contribution in [-0.4, -0.2) is 46.3 Å². The number of thioether (sulfide) groups is 1. The van der Waals surface area contributed by atoms with Gasteiger partial charge in [-0.3, -0.25) is 9.78 Å². The molecule has 3 heterocycles. The zero-order valence-corrected chi connectivity index (χ0v) is 24.5. The Hall–Kier alpha value is -4.04. The van der Waals surface area contributed by atoms with Gasteiger partial charge in [0.2, 0.25) is 0 Å². The summed E-state index contributed by atoms with van der Waals surface area (Å²) < 4.78 is 90.4. The van der Waals surface area contributed by atoms with E-state index in [2.05, 4.69) is 9.98 Å². The molecule has 2 aliphatic heterocycles. The van der Waals surface area contributed by atoms with E-state index in [1.807, 2.05) is 11.0 Å². The fourth-order valence-electron chi connectivity index (χ4n) is 5.11. The molecule has 1 N–H and O–H groups in total. The first-order chi connectivity index (χ1) is 21.3. The number of hydrogen-bond donors (Lipinski definition) is 1. The van der Waals surface area contributed by atoms with Crippen LogP contribution in [0.25, 0.3) is 6.08 Å². The number of nitrogens with zero attached hydrogens (tertiary/aromatic N) is 3. The third kappa shape index (κ3) is 7.61. The Balaban J connectivity index is 1.23. The van der Waals surface area contributed by atoms with Gasteiger partial charge < -0.3 is 19.5 Å². The lowest BCUT2D eigenvalue weighted by atomic mass is 9.88. The number of hydrogen-bond acceptors (Lipinski definition) is 7. The van der Waals surface area contributed by atoms with Crippen LogP contribution in [0.4, 0.5) is 26.3 Å². The molecule has 0 spiro atoms. The lowest BCUT2D eigenvalue weighted by molar-refractivity contribution is -0.143. The highest BCUT2D eigenvalue weighted by Gasteiger charge is 2.38. The molecule has 1 fully saturated rings. The summed E-state index contributed by atoms with van der Waals surface area (Å²) in [6.07, 6.45) is -4.26. The van der Waals surface area contributed by atoms with Crippen molar-refractivity contribution in [3.63, 3.8) is 0 Å². The number of methoxy groups -OCH3 is 1. The molecule has 0 saturated carbocycles. The van der Waals surface area contributed by atoms with Crippen molar-refractivity contribution in [2.75, 3.05) is 20.2 Å². The maximum absolute atomic E-state index is 13.5. The number of carbonyl (C=O) groups excluding carboxylic acids is 1. The molecule has 14 heteroatoms. The fourth-order valence-corrected chi connectivity index (χ4v) is 6.07. The van der Waals surface area contributed by atoms with Crippen LogP contribution in [0.5, 0.6) is 11.5 Å². The second-order valence-corrected chi connectivity index (χ2v) is 11.4. The summed E-state index contributed by atoms with van der Waals surface area (Å²) in [4.78, 5) is 23.3. The third-order valence-electron chi connectivity index (χ3n) is 7.50. The molecule has 7 nitrogen and oxygen atoms in total. The topological polar surface area (TPSA) is 84.3 Å². The van der Waals surface area contributed by atoms with Gasteiger partial charge in [0.15, 0.2) is 16.7 Å². The Kier molecular flexibility index (Phi) is 9.44. The number of rotatable bonds is 7. The molecular weight excluding hydrogens is 624 g/mol. The van der Waals surface area contributed by atoms with Crippen LogP contribution >= 0.6 is 11.8 Å². The van der Waals surface area contributed by atoms with Crippen molar-refractivity contribution < 1.29 is 45.7 Å². The molecule has 238 valence electrons. The van der Waals surface area contributed by atoms with E-state index >= 15 is 0 Å². The van der Waals surface area contributed by atoms with Crippen molar-refractivity contribution in [2.24, 2.45) is 10.9 Å². The number of benzene rings is 2. The van der Waals surface area contributed by atoms with E-state index in [4.69, 9.17) is 9.47 Å². The summed E-state index contributed by atoms with van der Waals surface area (Å²) in [6, 6.07) is 9.52. The van der Waals surface area contributed by atoms with Crippen LogP contribution in [0.3, 0.4) is 0 Å². The molecule has 0 aliphatic carbocycles. The summed E-state index contributed by atoms with van der Waals surface area (Å²) >= 11 is 1.21. The Labute approximate surface area is 258 Å². The van der Waals surface area contributed by atoms with Crippen LogP contribution in [0.2, 0.25) is 0 Å². The van der Waals surface area contributed by atoms with E-state index in [1.165, 1.54) is 31.0 Å². The smallest absolute Gasteiger partial charge is 0.416 e. The number of aromatic nitrogens is 1. The number of amidine groups is 1. The highest BCUT2D eigenvalue weighted by atomic mass is 32.2. The standard InChI is InChI=1S/C31H27F6N3O4S/c1-43-25-13-18(4-7-24(25)44-17-21-5-6-22(30(32,33)34)15-23(21)31(35,36)37)14-26-28(42)39-29(45-26)40-11-8-19(9-12-40)27(41)20-3-2-10-38-16-20/h2-7,10,13-16,19,27,41H,8-9,11-12,17H2,1H3/b26-14+. The molecule has 5 rings (SSSR count). The van der Waals surface area contributed by atoms with Crippen LogP contribution in [0.1, 0.15) is 46.8 Å². The van der Waals surface area contributed by atoms with Gasteiger partial charge in [0.1, 0.15) is 6.61 Å². The average Bonchev–Trinajstić information content (AvgIpc) is 3.39. The number of carbonyl (C=O) groups is 1. The monoisotopic (exact) mass is 651 g/mol. The summed E-state index contributed by atoms with van der Waals surface area (Å²) in [5, 5.41) is 11.3. The van der Waals surface area contributed by atoms with Gasteiger partial charge in [-0.15, -0.1) is 0 Å². The highest BCUT2D eigenvalue weighted by Crippen LogP contribution is 2.39. The quantitative estimate of drug-likeness (QED) is 0.215. The number of amides is 1. The second kappa shape index (κ2) is 13.1. The SMILES string of the molecule is COc1cc(/C=C2/SC(N3CCC(C(O)c4cccnc4)CC3)=NC2=O)ccc1OCc1ccc(C(F)(F)F)cc1C(F)(F)F. The van der Waals surface area contributed by atoms with Crippen LogP contribution in [0.15, 0.2) is 70.8 Å². The zero-order chi connectivity index (χ0) is 32.4. The number of alkyl halides is 6. The van der Waals surface area contributed by atoms with Gasteiger partial charge in [-0.05, 0) is 78.1 Å². The number of halogens is 6. The van der Waals surface area contributed by atoms with Gasteiger partial charge in [0.05, 0.1) is 29.2 Å². The molecule has 1 unspecified atom stereocenters. The molecule has 1 atom stereocenters. The van der Waals surface area contributed by atoms with E-state index in [0.717, 1.165) is 11.6 Å². The summed E-state index contributed by atoms with van der Waals surface area (Å²) in [5.74, 6) is -0.161. The van der Waals surface area contributed by atoms with E-state index < -0.39 is 47.7 Å². The highest BCUT2D eigenvalue weighted by molar-refractivity contribution is 8.18. The normalized spacial score (nSPS) is 17.9. The molecule has 1 saturated heterocycles. The van der Waals surface area contributed by atoms with Gasteiger partial charge in [-0.1, -0.05) is 18.2 Å². The van der Waals surface area contributed by atoms with Crippen LogP contribution in [-0.2, 0) is 23.8 Å². The number of aliphatic hydroxyl groups is 1. The van der Waals surface area contributed by atoms with E-state index in [0.29, 0.717) is 47.6 Å². The van der Waals surface area contributed by atoms with Gasteiger partial charge >= 0.3 is 12.4 Å². The average molecular weight is 652 g/mol. The fraction of sp³-hybridized carbons (Fsp3) is 0.323. The van der Waals surface area contributed by atoms with Crippen molar-refractivity contribution in [3.05, 3.63) is 93.6 Å². The number of aliphatic imine (C=N–C) groups is 1.